The Kier molecular flexibility index (Phi) is 8.46. The van der Waals surface area contributed by atoms with Gasteiger partial charge in [-0.1, -0.05) is 33.1 Å². The maximum atomic E-state index is 11.6. The van der Waals surface area contributed by atoms with Crippen LogP contribution < -0.4 is 10.6 Å². The molecule has 2 N–H and O–H groups in total. The molecule has 0 aromatic carbocycles. The lowest BCUT2D eigenvalue weighted by Crippen LogP contribution is -2.45. The minimum atomic E-state index is -0.448. The predicted molar refractivity (Wildman–Crippen MR) is 69.6 cm³/mol. The van der Waals surface area contributed by atoms with E-state index in [9.17, 15) is 9.59 Å². The number of hydrogen-bond acceptors (Lipinski definition) is 2. The molecule has 17 heavy (non-hydrogen) atoms. The van der Waals surface area contributed by atoms with Crippen molar-refractivity contribution in [1.82, 2.24) is 10.6 Å². The van der Waals surface area contributed by atoms with Gasteiger partial charge in [0.15, 0.2) is 0 Å². The highest BCUT2D eigenvalue weighted by Crippen LogP contribution is 2.11. The van der Waals surface area contributed by atoms with Crippen molar-refractivity contribution in [2.75, 3.05) is 6.54 Å². The van der Waals surface area contributed by atoms with Crippen molar-refractivity contribution in [2.24, 2.45) is 5.92 Å². The zero-order valence-corrected chi connectivity index (χ0v) is 11.5. The number of unbranched alkanes of at least 4 members (excludes halogenated alkanes) is 1. The van der Waals surface area contributed by atoms with Gasteiger partial charge in [-0.05, 0) is 19.3 Å². The molecule has 0 rings (SSSR count). The molecule has 0 bridgehead atoms. The fourth-order valence-electron chi connectivity index (χ4n) is 1.71. The van der Waals surface area contributed by atoms with Crippen molar-refractivity contribution < 1.29 is 9.59 Å². The molecule has 2 unspecified atom stereocenters. The van der Waals surface area contributed by atoms with Crippen LogP contribution in [0.3, 0.4) is 0 Å². The Morgan fingerprint density at radius 2 is 1.88 bits per heavy atom. The maximum Gasteiger partial charge on any atom is 0.242 e. The van der Waals surface area contributed by atoms with Gasteiger partial charge in [-0.25, -0.2) is 0 Å². The van der Waals surface area contributed by atoms with E-state index in [0.717, 1.165) is 12.8 Å². The molecule has 0 aliphatic rings. The molecule has 100 valence electrons. The summed E-state index contributed by atoms with van der Waals surface area (Å²) in [5.74, 6) is 0.268. The fourth-order valence-corrected chi connectivity index (χ4v) is 1.71. The molecule has 2 amide bonds. The third-order valence-electron chi connectivity index (χ3n) is 2.92. The zero-order chi connectivity index (χ0) is 13.3. The molecule has 0 spiro atoms. The number of amides is 2. The minimum Gasteiger partial charge on any atom is -0.354 e. The Morgan fingerprint density at radius 3 is 2.35 bits per heavy atom. The first-order chi connectivity index (χ1) is 8.01. The minimum absolute atomic E-state index is 0.102. The fraction of sp³-hybridized carbons (Fsp3) is 0.846. The van der Waals surface area contributed by atoms with Gasteiger partial charge in [-0.3, -0.25) is 9.59 Å². The highest BCUT2D eigenvalue weighted by Gasteiger charge is 2.14. The van der Waals surface area contributed by atoms with Crippen molar-refractivity contribution in [3.05, 3.63) is 0 Å². The Hall–Kier alpha value is -1.06. The lowest BCUT2D eigenvalue weighted by Gasteiger charge is -2.18. The SMILES string of the molecule is CCCCC(CC)CNC(=O)C(C)NC(C)=O. The molecule has 0 saturated heterocycles. The molecule has 0 saturated carbocycles. The van der Waals surface area contributed by atoms with Gasteiger partial charge in [-0.2, -0.15) is 0 Å². The van der Waals surface area contributed by atoms with Crippen LogP contribution in [0.15, 0.2) is 0 Å². The summed E-state index contributed by atoms with van der Waals surface area (Å²) in [5.41, 5.74) is 0. The molecule has 0 aliphatic heterocycles. The van der Waals surface area contributed by atoms with Gasteiger partial charge in [0.1, 0.15) is 6.04 Å². The summed E-state index contributed by atoms with van der Waals surface area (Å²) in [5, 5.41) is 5.47. The smallest absolute Gasteiger partial charge is 0.242 e. The van der Waals surface area contributed by atoms with Gasteiger partial charge >= 0.3 is 0 Å². The number of carbonyl (C=O) groups is 2. The number of carbonyl (C=O) groups excluding carboxylic acids is 2. The lowest BCUT2D eigenvalue weighted by atomic mass is 9.99. The summed E-state index contributed by atoms with van der Waals surface area (Å²) >= 11 is 0. The van der Waals surface area contributed by atoms with Crippen LogP contribution in [0.1, 0.15) is 53.4 Å². The maximum absolute atomic E-state index is 11.6. The van der Waals surface area contributed by atoms with Crippen LogP contribution in [0.25, 0.3) is 0 Å². The van der Waals surface area contributed by atoms with Crippen molar-refractivity contribution in [3.63, 3.8) is 0 Å². The molecule has 2 atom stereocenters. The Labute approximate surface area is 105 Å². The molecular formula is C13H26N2O2. The molecular weight excluding hydrogens is 216 g/mol. The average Bonchev–Trinajstić information content (AvgIpc) is 2.28. The Balaban J connectivity index is 3.90. The molecule has 4 heteroatoms. The zero-order valence-electron chi connectivity index (χ0n) is 11.5. The van der Waals surface area contributed by atoms with Gasteiger partial charge in [0.2, 0.25) is 11.8 Å². The van der Waals surface area contributed by atoms with Crippen molar-refractivity contribution >= 4 is 11.8 Å². The average molecular weight is 242 g/mol. The molecule has 0 heterocycles. The van der Waals surface area contributed by atoms with Crippen LogP contribution in [0.4, 0.5) is 0 Å². The third-order valence-corrected chi connectivity index (χ3v) is 2.92. The van der Waals surface area contributed by atoms with E-state index >= 15 is 0 Å². The Morgan fingerprint density at radius 1 is 1.24 bits per heavy atom. The summed E-state index contributed by atoms with van der Waals surface area (Å²) < 4.78 is 0. The predicted octanol–water partition coefficient (Wildman–Crippen LogP) is 1.84. The summed E-state index contributed by atoms with van der Waals surface area (Å²) in [6.45, 7) is 8.14. The molecule has 0 radical (unpaired) electrons. The van der Waals surface area contributed by atoms with E-state index < -0.39 is 6.04 Å². The summed E-state index contributed by atoms with van der Waals surface area (Å²) in [4.78, 5) is 22.5. The van der Waals surface area contributed by atoms with Crippen molar-refractivity contribution in [1.29, 1.82) is 0 Å². The second-order valence-corrected chi connectivity index (χ2v) is 4.58. The van der Waals surface area contributed by atoms with E-state index in [2.05, 4.69) is 24.5 Å². The summed E-state index contributed by atoms with van der Waals surface area (Å²) in [6, 6.07) is -0.448. The van der Waals surface area contributed by atoms with E-state index in [0.29, 0.717) is 12.5 Å². The van der Waals surface area contributed by atoms with Crippen molar-refractivity contribution in [3.8, 4) is 0 Å². The topological polar surface area (TPSA) is 58.2 Å². The molecule has 0 fully saturated rings. The van der Waals surface area contributed by atoms with Gasteiger partial charge in [-0.15, -0.1) is 0 Å². The van der Waals surface area contributed by atoms with Gasteiger partial charge in [0.05, 0.1) is 0 Å². The van der Waals surface area contributed by atoms with E-state index in [1.807, 2.05) is 0 Å². The van der Waals surface area contributed by atoms with Crippen molar-refractivity contribution in [2.45, 2.75) is 59.4 Å². The largest absolute Gasteiger partial charge is 0.354 e. The quantitative estimate of drug-likeness (QED) is 0.682. The first kappa shape index (κ1) is 15.9. The van der Waals surface area contributed by atoms with Crippen LogP contribution in [0.5, 0.6) is 0 Å². The van der Waals surface area contributed by atoms with Crippen LogP contribution in [-0.2, 0) is 9.59 Å². The van der Waals surface area contributed by atoms with Gasteiger partial charge < -0.3 is 10.6 Å². The van der Waals surface area contributed by atoms with Gasteiger partial charge in [0, 0.05) is 13.5 Å². The van der Waals surface area contributed by atoms with E-state index in [4.69, 9.17) is 0 Å². The first-order valence-corrected chi connectivity index (χ1v) is 6.56. The van der Waals surface area contributed by atoms with Crippen LogP contribution >= 0.6 is 0 Å². The van der Waals surface area contributed by atoms with Crippen LogP contribution in [0.2, 0.25) is 0 Å². The number of rotatable bonds is 8. The molecule has 0 aromatic heterocycles. The van der Waals surface area contributed by atoms with E-state index in [1.165, 1.54) is 19.8 Å². The second-order valence-electron chi connectivity index (χ2n) is 4.58. The molecule has 0 aliphatic carbocycles. The number of nitrogens with one attached hydrogen (secondary N) is 2. The van der Waals surface area contributed by atoms with E-state index in [-0.39, 0.29) is 11.8 Å². The third kappa shape index (κ3) is 7.77. The Bertz CT molecular complexity index is 242. The monoisotopic (exact) mass is 242 g/mol. The highest BCUT2D eigenvalue weighted by molar-refractivity contribution is 5.86. The first-order valence-electron chi connectivity index (χ1n) is 6.56. The summed E-state index contributed by atoms with van der Waals surface area (Å²) in [7, 11) is 0. The summed E-state index contributed by atoms with van der Waals surface area (Å²) in [6.07, 6.45) is 4.62. The lowest BCUT2D eigenvalue weighted by molar-refractivity contribution is -0.127. The standard InChI is InChI=1S/C13H26N2O2/c1-5-7-8-12(6-2)9-14-13(17)10(3)15-11(4)16/h10,12H,5-9H2,1-4H3,(H,14,17)(H,15,16). The number of hydrogen-bond donors (Lipinski definition) is 2. The normalized spacial score (nSPS) is 13.9. The van der Waals surface area contributed by atoms with Crippen LogP contribution in [-0.4, -0.2) is 24.4 Å². The van der Waals surface area contributed by atoms with Crippen LogP contribution in [0, 0.1) is 5.92 Å². The molecule has 4 nitrogen and oxygen atoms in total. The van der Waals surface area contributed by atoms with Gasteiger partial charge in [0.25, 0.3) is 0 Å². The molecule has 0 aromatic rings. The highest BCUT2D eigenvalue weighted by atomic mass is 16.2. The van der Waals surface area contributed by atoms with E-state index in [1.54, 1.807) is 6.92 Å². The second kappa shape index (κ2) is 9.02.